The van der Waals surface area contributed by atoms with Crippen molar-refractivity contribution in [2.24, 2.45) is 5.73 Å². The monoisotopic (exact) mass is 409 g/mol. The van der Waals surface area contributed by atoms with Crippen LogP contribution in [0.4, 0.5) is 0 Å². The van der Waals surface area contributed by atoms with E-state index < -0.39 is 0 Å². The van der Waals surface area contributed by atoms with Crippen molar-refractivity contribution in [2.75, 3.05) is 20.8 Å². The Labute approximate surface area is 180 Å². The quantitative estimate of drug-likeness (QED) is 0.688. The highest BCUT2D eigenvalue weighted by Crippen LogP contribution is 2.37. The summed E-state index contributed by atoms with van der Waals surface area (Å²) in [6.07, 6.45) is 0. The molecule has 1 amide bonds. The van der Waals surface area contributed by atoms with E-state index in [2.05, 4.69) is 63.6 Å². The van der Waals surface area contributed by atoms with Crippen molar-refractivity contribution in [1.29, 1.82) is 0 Å². The molecule has 1 aromatic heterocycles. The summed E-state index contributed by atoms with van der Waals surface area (Å²) in [5.74, 6) is -0.497. The molecule has 2 heterocycles. The molecule has 4 rings (SSSR count). The SMILES string of the molecule is CC.CCn1c2c(c3ccccc31)C(C(N)=O)CN(Cc1ccccc1)C2.COC. The van der Waals surface area contributed by atoms with E-state index in [1.54, 1.807) is 14.2 Å². The molecule has 0 radical (unpaired) electrons. The molecular weight excluding hydrogens is 374 g/mol. The fourth-order valence-electron chi connectivity index (χ4n) is 4.12. The van der Waals surface area contributed by atoms with Gasteiger partial charge in [-0.15, -0.1) is 0 Å². The van der Waals surface area contributed by atoms with Gasteiger partial charge in [0.25, 0.3) is 0 Å². The number of fused-ring (bicyclic) bond motifs is 3. The van der Waals surface area contributed by atoms with Gasteiger partial charge < -0.3 is 15.0 Å². The van der Waals surface area contributed by atoms with Gasteiger partial charge in [-0.2, -0.15) is 0 Å². The first-order valence-electron chi connectivity index (χ1n) is 10.7. The number of nitrogens with two attached hydrogens (primary N) is 1. The number of primary amides is 1. The summed E-state index contributed by atoms with van der Waals surface area (Å²) >= 11 is 0. The van der Waals surface area contributed by atoms with E-state index in [4.69, 9.17) is 5.73 Å². The van der Waals surface area contributed by atoms with Crippen molar-refractivity contribution in [2.45, 2.75) is 46.3 Å². The summed E-state index contributed by atoms with van der Waals surface area (Å²) in [4.78, 5) is 14.6. The van der Waals surface area contributed by atoms with Crippen LogP contribution in [0.5, 0.6) is 0 Å². The minimum atomic E-state index is -0.259. The van der Waals surface area contributed by atoms with Crippen LogP contribution in [0.15, 0.2) is 54.6 Å². The van der Waals surface area contributed by atoms with E-state index in [1.165, 1.54) is 22.2 Å². The molecule has 30 heavy (non-hydrogen) atoms. The van der Waals surface area contributed by atoms with Crippen LogP contribution >= 0.6 is 0 Å². The number of aryl methyl sites for hydroxylation is 1. The maximum absolute atomic E-state index is 12.2. The number of rotatable bonds is 4. The molecule has 2 N–H and O–H groups in total. The highest BCUT2D eigenvalue weighted by Gasteiger charge is 2.33. The van der Waals surface area contributed by atoms with Crippen LogP contribution in [0.3, 0.4) is 0 Å². The average molecular weight is 410 g/mol. The zero-order valence-electron chi connectivity index (χ0n) is 18.9. The van der Waals surface area contributed by atoms with Gasteiger partial charge in [-0.25, -0.2) is 0 Å². The Hall–Kier alpha value is -2.63. The molecule has 0 aliphatic carbocycles. The Morgan fingerprint density at radius 2 is 1.67 bits per heavy atom. The van der Waals surface area contributed by atoms with Crippen molar-refractivity contribution in [3.63, 3.8) is 0 Å². The molecule has 1 aliphatic rings. The van der Waals surface area contributed by atoms with E-state index in [1.807, 2.05) is 26.0 Å². The van der Waals surface area contributed by atoms with Crippen molar-refractivity contribution in [3.8, 4) is 0 Å². The summed E-state index contributed by atoms with van der Waals surface area (Å²) in [5, 5.41) is 1.17. The number of ether oxygens (including phenoxy) is 1. The number of amides is 1. The van der Waals surface area contributed by atoms with Gasteiger partial charge in [-0.05, 0) is 24.1 Å². The maximum atomic E-state index is 12.2. The van der Waals surface area contributed by atoms with Crippen LogP contribution in [-0.4, -0.2) is 36.1 Å². The molecule has 3 aromatic rings. The third-order valence-electron chi connectivity index (χ3n) is 5.19. The van der Waals surface area contributed by atoms with Gasteiger partial charge >= 0.3 is 0 Å². The van der Waals surface area contributed by atoms with Crippen LogP contribution in [0.1, 0.15) is 43.5 Å². The molecule has 0 saturated heterocycles. The van der Waals surface area contributed by atoms with Crippen molar-refractivity contribution in [1.82, 2.24) is 9.47 Å². The van der Waals surface area contributed by atoms with Gasteiger partial charge in [0, 0.05) is 57.0 Å². The topological polar surface area (TPSA) is 60.5 Å². The van der Waals surface area contributed by atoms with Crippen LogP contribution in [-0.2, 0) is 29.2 Å². The number of nitrogens with zero attached hydrogens (tertiary/aromatic N) is 2. The minimum absolute atomic E-state index is 0.238. The maximum Gasteiger partial charge on any atom is 0.226 e. The Morgan fingerprint density at radius 3 is 2.27 bits per heavy atom. The number of carbonyl (C=O) groups excluding carboxylic acids is 1. The molecule has 0 spiro atoms. The second kappa shape index (κ2) is 11.5. The van der Waals surface area contributed by atoms with E-state index >= 15 is 0 Å². The summed E-state index contributed by atoms with van der Waals surface area (Å²) in [5.41, 5.74) is 10.6. The third-order valence-corrected chi connectivity index (χ3v) is 5.19. The zero-order valence-corrected chi connectivity index (χ0v) is 18.9. The van der Waals surface area contributed by atoms with E-state index in [0.717, 1.165) is 25.2 Å². The highest BCUT2D eigenvalue weighted by molar-refractivity contribution is 5.93. The number of para-hydroxylation sites is 1. The van der Waals surface area contributed by atoms with Gasteiger partial charge in [0.1, 0.15) is 0 Å². The van der Waals surface area contributed by atoms with Crippen LogP contribution in [0.25, 0.3) is 10.9 Å². The lowest BCUT2D eigenvalue weighted by Crippen LogP contribution is -2.39. The van der Waals surface area contributed by atoms with Gasteiger partial charge in [0.05, 0.1) is 5.92 Å². The fraction of sp³-hybridized carbons (Fsp3) is 0.400. The van der Waals surface area contributed by atoms with E-state index in [-0.39, 0.29) is 11.8 Å². The molecular formula is C25H35N3O2. The van der Waals surface area contributed by atoms with E-state index in [9.17, 15) is 4.79 Å². The predicted molar refractivity (Wildman–Crippen MR) is 124 cm³/mol. The van der Waals surface area contributed by atoms with Crippen molar-refractivity contribution >= 4 is 16.8 Å². The number of hydrogen-bond donors (Lipinski definition) is 1. The smallest absolute Gasteiger partial charge is 0.226 e. The zero-order chi connectivity index (χ0) is 22.1. The first-order chi connectivity index (χ1) is 14.6. The van der Waals surface area contributed by atoms with Gasteiger partial charge in [-0.1, -0.05) is 62.4 Å². The number of carbonyl (C=O) groups is 1. The summed E-state index contributed by atoms with van der Waals surface area (Å²) in [7, 11) is 3.25. The van der Waals surface area contributed by atoms with Crippen LogP contribution in [0, 0.1) is 0 Å². The van der Waals surface area contributed by atoms with Crippen molar-refractivity contribution < 1.29 is 9.53 Å². The minimum Gasteiger partial charge on any atom is -0.388 e. The Balaban J connectivity index is 0.000000590. The molecule has 2 aromatic carbocycles. The Bertz CT molecular complexity index is 934. The predicted octanol–water partition coefficient (Wildman–Crippen LogP) is 4.53. The first kappa shape index (κ1) is 23.6. The Morgan fingerprint density at radius 1 is 1.07 bits per heavy atom. The molecule has 162 valence electrons. The first-order valence-corrected chi connectivity index (χ1v) is 10.7. The normalized spacial score (nSPS) is 15.4. The second-order valence-electron chi connectivity index (χ2n) is 7.14. The average Bonchev–Trinajstić information content (AvgIpc) is 3.09. The number of aromatic nitrogens is 1. The summed E-state index contributed by atoms with van der Waals surface area (Å²) in [6.45, 7) is 9.39. The van der Waals surface area contributed by atoms with Gasteiger partial charge in [0.2, 0.25) is 5.91 Å². The largest absolute Gasteiger partial charge is 0.388 e. The molecule has 5 heteroatoms. The van der Waals surface area contributed by atoms with Gasteiger partial charge in [0.15, 0.2) is 0 Å². The number of benzene rings is 2. The standard InChI is InChI=1S/C21H23N3O.C2H6O.C2H6/c1-2-24-18-11-7-6-10-16(18)20-17(21(22)25)13-23(14-19(20)24)12-15-8-4-3-5-9-15;1-3-2;1-2/h3-11,17H,2,12-14H2,1H3,(H2,22,25);1-2H3;1-2H3. The lowest BCUT2D eigenvalue weighted by molar-refractivity contribution is -0.120. The lowest BCUT2D eigenvalue weighted by atomic mass is 9.91. The Kier molecular flexibility index (Phi) is 9.09. The lowest BCUT2D eigenvalue weighted by Gasteiger charge is -2.32. The highest BCUT2D eigenvalue weighted by atomic mass is 16.4. The van der Waals surface area contributed by atoms with E-state index in [0.29, 0.717) is 6.54 Å². The fourth-order valence-corrected chi connectivity index (χ4v) is 4.12. The molecule has 5 nitrogen and oxygen atoms in total. The molecule has 0 bridgehead atoms. The molecule has 1 aliphatic heterocycles. The molecule has 1 atom stereocenters. The molecule has 1 unspecified atom stereocenters. The number of hydrogen-bond acceptors (Lipinski definition) is 3. The van der Waals surface area contributed by atoms with Crippen LogP contribution in [0.2, 0.25) is 0 Å². The molecule has 0 saturated carbocycles. The molecule has 0 fully saturated rings. The third kappa shape index (κ3) is 5.10. The van der Waals surface area contributed by atoms with Gasteiger partial charge in [-0.3, -0.25) is 9.69 Å². The summed E-state index contributed by atoms with van der Waals surface area (Å²) in [6, 6.07) is 18.7. The summed E-state index contributed by atoms with van der Waals surface area (Å²) < 4.78 is 6.58. The second-order valence-corrected chi connectivity index (χ2v) is 7.14. The number of methoxy groups -OCH3 is 1. The van der Waals surface area contributed by atoms with Crippen LogP contribution < -0.4 is 5.73 Å². The van der Waals surface area contributed by atoms with Crippen molar-refractivity contribution in [3.05, 3.63) is 71.4 Å².